The summed E-state index contributed by atoms with van der Waals surface area (Å²) in [4.78, 5) is 32.6. The molecule has 0 unspecified atom stereocenters. The molecule has 10 nitrogen and oxygen atoms in total. The first-order valence-electron chi connectivity index (χ1n) is 11.3. The van der Waals surface area contributed by atoms with E-state index in [1.54, 1.807) is 41.3 Å². The Morgan fingerprint density at radius 3 is 2.50 bits per heavy atom. The van der Waals surface area contributed by atoms with E-state index in [1.807, 2.05) is 27.1 Å². The fourth-order valence-corrected chi connectivity index (χ4v) is 3.37. The van der Waals surface area contributed by atoms with Crippen LogP contribution in [0.15, 0.2) is 49.1 Å². The highest BCUT2D eigenvalue weighted by Crippen LogP contribution is 2.25. The molecule has 3 aromatic heterocycles. The van der Waals surface area contributed by atoms with Crippen LogP contribution in [0, 0.1) is 5.92 Å². The molecule has 4 heterocycles. The maximum absolute atomic E-state index is 12.1. The molecule has 0 atom stereocenters. The number of aromatic nitrogens is 4. The lowest BCUT2D eigenvalue weighted by Gasteiger charge is -2.21. The van der Waals surface area contributed by atoms with Gasteiger partial charge in [-0.3, -0.25) is 25.1 Å². The Morgan fingerprint density at radius 2 is 1.86 bits per heavy atom. The Kier molecular flexibility index (Phi) is 12.8. The summed E-state index contributed by atoms with van der Waals surface area (Å²) in [5.74, 6) is 1.33. The predicted molar refractivity (Wildman–Crippen MR) is 145 cm³/mol. The zero-order valence-electron chi connectivity index (χ0n) is 19.7. The van der Waals surface area contributed by atoms with Gasteiger partial charge in [-0.2, -0.15) is 5.10 Å². The van der Waals surface area contributed by atoms with E-state index in [-0.39, 0.29) is 29.5 Å². The lowest BCUT2D eigenvalue weighted by atomic mass is 9.96. The maximum atomic E-state index is 12.1. The molecule has 0 aromatic carbocycles. The van der Waals surface area contributed by atoms with E-state index in [0.29, 0.717) is 37.0 Å². The minimum Gasteiger partial charge on any atom is -0.456 e. The molecule has 3 amide bonds. The van der Waals surface area contributed by atoms with Gasteiger partial charge < -0.3 is 9.47 Å². The molecular weight excluding hydrogens is 460 g/mol. The van der Waals surface area contributed by atoms with E-state index in [4.69, 9.17) is 9.47 Å². The third-order valence-electron chi connectivity index (χ3n) is 5.01. The average molecular weight is 503 g/mol. The number of rotatable bonds is 6. The van der Waals surface area contributed by atoms with Crippen LogP contribution in [0.5, 0.6) is 11.5 Å². The highest BCUT2D eigenvalue weighted by molar-refractivity contribution is 6.00. The number of nitrogens with zero attached hydrogens (tertiary/aromatic N) is 4. The Morgan fingerprint density at radius 1 is 1.11 bits per heavy atom. The number of amides is 3. The van der Waals surface area contributed by atoms with Crippen LogP contribution in [0.25, 0.3) is 11.3 Å². The molecule has 36 heavy (non-hydrogen) atoms. The minimum atomic E-state index is -0.613. The van der Waals surface area contributed by atoms with E-state index >= 15 is 0 Å². The Bertz CT molecular complexity index is 1090. The van der Waals surface area contributed by atoms with Crippen molar-refractivity contribution < 1.29 is 21.9 Å². The number of carbonyl (C=O) groups excluding carboxylic acids is 2. The molecule has 3 aromatic rings. The standard InChI is InChI=1S/C22H24N6O4.C2H6.2CH4.2H2/c1-28-14-16(12-25-28)19-11-17(4-7-23-19)32-18-2-3-20(24-13-18)26-22(30)27-21(29)10-15-5-8-31-9-6-15;1-2;;;;/h2-4,7,11-15H,5-6,8-10H2,1H3,(H2,24,26,27,29,30);1-2H3;2*1H4;2*1H. The minimum absolute atomic E-state index is 0. The number of pyridine rings is 2. The zero-order chi connectivity index (χ0) is 24.3. The molecule has 1 aliphatic heterocycles. The fraction of sp³-hybridized carbons (Fsp3) is 0.423. The first-order valence-corrected chi connectivity index (χ1v) is 11.3. The topological polar surface area (TPSA) is 120 Å². The third kappa shape index (κ3) is 9.10. The van der Waals surface area contributed by atoms with Gasteiger partial charge in [-0.1, -0.05) is 28.7 Å². The molecule has 0 aliphatic carbocycles. The number of ether oxygens (including phenoxy) is 2. The summed E-state index contributed by atoms with van der Waals surface area (Å²) in [5.41, 5.74) is 1.62. The molecule has 10 heteroatoms. The molecule has 0 bridgehead atoms. The monoisotopic (exact) mass is 502 g/mol. The summed E-state index contributed by atoms with van der Waals surface area (Å²) in [6.07, 6.45) is 8.72. The van der Waals surface area contributed by atoms with Gasteiger partial charge in [-0.15, -0.1) is 0 Å². The second-order valence-corrected chi connectivity index (χ2v) is 7.52. The first kappa shape index (κ1) is 30.2. The molecule has 1 aliphatic rings. The average Bonchev–Trinajstić information content (AvgIpc) is 3.29. The Labute approximate surface area is 216 Å². The molecule has 1 saturated heterocycles. The van der Waals surface area contributed by atoms with E-state index in [0.717, 1.165) is 24.1 Å². The van der Waals surface area contributed by atoms with E-state index in [2.05, 4.69) is 25.7 Å². The Hall–Kier alpha value is -3.79. The SMILES string of the molecule is C.C.CC.Cn1cc(-c2cc(Oc3ccc(NC(=O)NC(=O)CC4CCOCC4)nc3)ccn2)cn1.[HH].[HH]. The summed E-state index contributed by atoms with van der Waals surface area (Å²) in [6.45, 7) is 5.32. The van der Waals surface area contributed by atoms with Gasteiger partial charge in [0.05, 0.1) is 18.1 Å². The van der Waals surface area contributed by atoms with Crippen LogP contribution in [0.1, 0.15) is 50.8 Å². The number of carbonyl (C=O) groups is 2. The smallest absolute Gasteiger partial charge is 0.327 e. The number of imide groups is 1. The highest BCUT2D eigenvalue weighted by atomic mass is 16.5. The number of hydrogen-bond acceptors (Lipinski definition) is 7. The highest BCUT2D eigenvalue weighted by Gasteiger charge is 2.18. The van der Waals surface area contributed by atoms with E-state index < -0.39 is 6.03 Å². The molecule has 200 valence electrons. The van der Waals surface area contributed by atoms with Crippen molar-refractivity contribution >= 4 is 17.8 Å². The van der Waals surface area contributed by atoms with Gasteiger partial charge >= 0.3 is 6.03 Å². The van der Waals surface area contributed by atoms with Crippen molar-refractivity contribution in [2.75, 3.05) is 18.5 Å². The second-order valence-electron chi connectivity index (χ2n) is 7.52. The fourth-order valence-electron chi connectivity index (χ4n) is 3.37. The summed E-state index contributed by atoms with van der Waals surface area (Å²) in [6, 6.07) is 6.21. The lowest BCUT2D eigenvalue weighted by Crippen LogP contribution is -2.36. The second kappa shape index (κ2) is 15.3. The van der Waals surface area contributed by atoms with E-state index in [1.165, 1.54) is 6.20 Å². The van der Waals surface area contributed by atoms with Crippen LogP contribution < -0.4 is 15.4 Å². The van der Waals surface area contributed by atoms with Gasteiger partial charge in [-0.25, -0.2) is 9.78 Å². The van der Waals surface area contributed by atoms with Crippen molar-refractivity contribution in [1.82, 2.24) is 25.1 Å². The van der Waals surface area contributed by atoms with Gasteiger partial charge in [-0.05, 0) is 37.0 Å². The normalized spacial score (nSPS) is 12.6. The van der Waals surface area contributed by atoms with Gasteiger partial charge in [0.2, 0.25) is 5.91 Å². The van der Waals surface area contributed by atoms with Crippen LogP contribution in [0.3, 0.4) is 0 Å². The number of nitrogens with one attached hydrogen (secondary N) is 2. The van der Waals surface area contributed by atoms with Gasteiger partial charge in [0.15, 0.2) is 0 Å². The van der Waals surface area contributed by atoms with Crippen molar-refractivity contribution in [3.63, 3.8) is 0 Å². The summed E-state index contributed by atoms with van der Waals surface area (Å²) in [5, 5.41) is 9.04. The quantitative estimate of drug-likeness (QED) is 0.429. The van der Waals surface area contributed by atoms with Crippen molar-refractivity contribution in [3.8, 4) is 22.8 Å². The number of anilines is 1. The number of aryl methyl sites for hydroxylation is 1. The van der Waals surface area contributed by atoms with Gasteiger partial charge in [0.1, 0.15) is 17.3 Å². The van der Waals surface area contributed by atoms with E-state index in [9.17, 15) is 9.59 Å². The zero-order valence-corrected chi connectivity index (χ0v) is 19.7. The van der Waals surface area contributed by atoms with Crippen LogP contribution >= 0.6 is 0 Å². The molecule has 4 rings (SSSR count). The van der Waals surface area contributed by atoms with Crippen LogP contribution in [0.2, 0.25) is 0 Å². The van der Waals surface area contributed by atoms with Crippen LogP contribution in [-0.2, 0) is 16.6 Å². The molecule has 0 radical (unpaired) electrons. The maximum Gasteiger partial charge on any atom is 0.327 e. The molecule has 2 N–H and O–H groups in total. The first-order chi connectivity index (χ1) is 16.5. The summed E-state index contributed by atoms with van der Waals surface area (Å²) in [7, 11) is 1.84. The molecule has 0 saturated carbocycles. The predicted octanol–water partition coefficient (Wildman–Crippen LogP) is 5.92. The number of hydrogen-bond donors (Lipinski definition) is 2. The summed E-state index contributed by atoms with van der Waals surface area (Å²) >= 11 is 0. The lowest BCUT2D eigenvalue weighted by molar-refractivity contribution is -0.121. The van der Waals surface area contributed by atoms with Crippen molar-refractivity contribution in [3.05, 3.63) is 49.1 Å². The van der Waals surface area contributed by atoms with Crippen LogP contribution in [-0.4, -0.2) is 44.9 Å². The molecular formula is C26H42N6O4. The largest absolute Gasteiger partial charge is 0.456 e. The van der Waals surface area contributed by atoms with Crippen LogP contribution in [0.4, 0.5) is 10.6 Å². The third-order valence-corrected chi connectivity index (χ3v) is 5.01. The van der Waals surface area contributed by atoms with Crippen molar-refractivity contribution in [2.45, 2.75) is 48.0 Å². The van der Waals surface area contributed by atoms with Gasteiger partial charge in [0.25, 0.3) is 0 Å². The number of urea groups is 1. The Balaban J connectivity index is 0. The van der Waals surface area contributed by atoms with Crippen molar-refractivity contribution in [2.24, 2.45) is 13.0 Å². The molecule has 1 fully saturated rings. The van der Waals surface area contributed by atoms with Gasteiger partial charge in [0, 0.05) is 53.6 Å². The summed E-state index contributed by atoms with van der Waals surface area (Å²) < 4.78 is 12.8. The van der Waals surface area contributed by atoms with Crippen molar-refractivity contribution in [1.29, 1.82) is 0 Å². The molecule has 0 spiro atoms.